The second kappa shape index (κ2) is 4.34. The van der Waals surface area contributed by atoms with E-state index in [0.717, 1.165) is 10.7 Å². The molecule has 0 aromatic carbocycles. The molecule has 0 spiro atoms. The summed E-state index contributed by atoms with van der Waals surface area (Å²) in [5.41, 5.74) is -0.593. The van der Waals surface area contributed by atoms with Crippen LogP contribution in [0.3, 0.4) is 0 Å². The first-order valence-corrected chi connectivity index (χ1v) is 5.71. The molecule has 0 N–H and O–H groups in total. The molecule has 96 valence electrons. The number of rotatable bonds is 1. The summed E-state index contributed by atoms with van der Waals surface area (Å²) < 4.78 is 39.3. The largest absolute Gasteiger partial charge is 0.435 e. The topological polar surface area (TPSA) is 43.6 Å². The van der Waals surface area contributed by atoms with Gasteiger partial charge in [-0.1, -0.05) is 0 Å². The van der Waals surface area contributed by atoms with Crippen molar-refractivity contribution in [2.45, 2.75) is 20.0 Å². The second-order valence-corrected chi connectivity index (χ2v) is 4.52. The summed E-state index contributed by atoms with van der Waals surface area (Å²) in [7, 11) is 0. The lowest BCUT2D eigenvalue weighted by atomic mass is 10.3. The summed E-state index contributed by atoms with van der Waals surface area (Å²) in [6.45, 7) is 3.19. The van der Waals surface area contributed by atoms with Crippen LogP contribution in [0.15, 0.2) is 16.7 Å². The van der Waals surface area contributed by atoms with Gasteiger partial charge >= 0.3 is 6.18 Å². The minimum Gasteiger partial charge on any atom is -0.240 e. The first-order valence-electron chi connectivity index (χ1n) is 4.92. The maximum Gasteiger partial charge on any atom is 0.435 e. The van der Waals surface area contributed by atoms with Crippen LogP contribution in [0.25, 0.3) is 5.82 Å². The number of aromatic nitrogens is 4. The zero-order chi connectivity index (χ0) is 13.5. The molecule has 0 radical (unpaired) electrons. The van der Waals surface area contributed by atoms with E-state index in [1.165, 1.54) is 13.1 Å². The van der Waals surface area contributed by atoms with Crippen LogP contribution >= 0.6 is 15.9 Å². The quantitative estimate of drug-likeness (QED) is 0.811. The van der Waals surface area contributed by atoms with Crippen molar-refractivity contribution in [2.75, 3.05) is 0 Å². The van der Waals surface area contributed by atoms with E-state index in [1.807, 2.05) is 0 Å². The summed E-state index contributed by atoms with van der Waals surface area (Å²) in [6.07, 6.45) is -2.99. The van der Waals surface area contributed by atoms with Gasteiger partial charge in [0.15, 0.2) is 11.5 Å². The van der Waals surface area contributed by atoms with Crippen molar-refractivity contribution in [3.8, 4) is 5.82 Å². The maximum absolute atomic E-state index is 12.6. The van der Waals surface area contributed by atoms with E-state index in [-0.39, 0.29) is 5.82 Å². The van der Waals surface area contributed by atoms with Crippen molar-refractivity contribution in [3.05, 3.63) is 33.9 Å². The Morgan fingerprint density at radius 2 is 1.94 bits per heavy atom. The molecular formula is C10H8BrF3N4. The molecule has 0 aliphatic rings. The molecule has 2 aromatic rings. The number of hydrogen-bond donors (Lipinski definition) is 0. The predicted molar refractivity (Wildman–Crippen MR) is 61.3 cm³/mol. The third-order valence-corrected chi connectivity index (χ3v) is 2.78. The Kier molecular flexibility index (Phi) is 3.14. The van der Waals surface area contributed by atoms with Crippen LogP contribution in [-0.2, 0) is 6.18 Å². The monoisotopic (exact) mass is 320 g/mol. The molecule has 8 heteroatoms. The molecule has 0 unspecified atom stereocenters. The van der Waals surface area contributed by atoms with E-state index in [0.29, 0.717) is 16.0 Å². The van der Waals surface area contributed by atoms with Gasteiger partial charge in [-0.2, -0.15) is 18.3 Å². The molecule has 4 nitrogen and oxygen atoms in total. The lowest BCUT2D eigenvalue weighted by molar-refractivity contribution is -0.141. The van der Waals surface area contributed by atoms with Gasteiger partial charge in [-0.3, -0.25) is 0 Å². The summed E-state index contributed by atoms with van der Waals surface area (Å²) in [5, 5.41) is 3.52. The van der Waals surface area contributed by atoms with Gasteiger partial charge in [-0.05, 0) is 35.8 Å². The molecule has 0 saturated heterocycles. The van der Waals surface area contributed by atoms with Crippen molar-refractivity contribution < 1.29 is 13.2 Å². The highest BCUT2D eigenvalue weighted by molar-refractivity contribution is 9.10. The zero-order valence-corrected chi connectivity index (χ0v) is 11.0. The Balaban J connectivity index is 2.58. The Labute approximate surface area is 109 Å². The molecule has 2 rings (SSSR count). The van der Waals surface area contributed by atoms with Crippen LogP contribution in [0.5, 0.6) is 0 Å². The number of nitrogens with zero attached hydrogens (tertiary/aromatic N) is 4. The van der Waals surface area contributed by atoms with Gasteiger partial charge in [0.2, 0.25) is 0 Å². The van der Waals surface area contributed by atoms with Crippen molar-refractivity contribution in [1.29, 1.82) is 0 Å². The third kappa shape index (κ3) is 2.38. The Bertz CT molecular complexity index is 591. The Morgan fingerprint density at radius 3 is 2.50 bits per heavy atom. The van der Waals surface area contributed by atoms with Gasteiger partial charge in [0.05, 0.1) is 4.47 Å². The molecule has 2 heterocycles. The summed E-state index contributed by atoms with van der Waals surface area (Å²) in [5.74, 6) is 0.743. The van der Waals surface area contributed by atoms with Gasteiger partial charge in [0.1, 0.15) is 5.82 Å². The third-order valence-electron chi connectivity index (χ3n) is 2.22. The van der Waals surface area contributed by atoms with Crippen LogP contribution < -0.4 is 0 Å². The number of aryl methyl sites for hydroxylation is 2. The molecule has 0 atom stereocenters. The summed E-state index contributed by atoms with van der Waals surface area (Å²) >= 11 is 3.19. The lowest BCUT2D eigenvalue weighted by Crippen LogP contribution is -2.09. The van der Waals surface area contributed by atoms with Gasteiger partial charge in [0, 0.05) is 11.9 Å². The molecule has 18 heavy (non-hydrogen) atoms. The van der Waals surface area contributed by atoms with E-state index in [2.05, 4.69) is 31.0 Å². The molecule has 2 aromatic heterocycles. The minimum atomic E-state index is -4.47. The second-order valence-electron chi connectivity index (χ2n) is 3.67. The van der Waals surface area contributed by atoms with Gasteiger partial charge < -0.3 is 0 Å². The van der Waals surface area contributed by atoms with Crippen LogP contribution in [0.2, 0.25) is 0 Å². The van der Waals surface area contributed by atoms with Crippen molar-refractivity contribution >= 4 is 15.9 Å². The summed E-state index contributed by atoms with van der Waals surface area (Å²) in [6, 6.07) is 0.976. The fourth-order valence-corrected chi connectivity index (χ4v) is 1.78. The molecular weight excluding hydrogens is 313 g/mol. The maximum atomic E-state index is 12.6. The van der Waals surface area contributed by atoms with E-state index >= 15 is 0 Å². The van der Waals surface area contributed by atoms with Crippen LogP contribution in [0, 0.1) is 13.8 Å². The van der Waals surface area contributed by atoms with Crippen molar-refractivity contribution in [3.63, 3.8) is 0 Å². The molecule has 0 aliphatic carbocycles. The Hall–Kier alpha value is -1.44. The first-order chi connectivity index (χ1) is 8.29. The SMILES string of the molecule is Cc1ncc(Br)c(-n2nc(C(F)(F)F)cc2C)n1. The van der Waals surface area contributed by atoms with Crippen LogP contribution in [0.1, 0.15) is 17.2 Å². The smallest absolute Gasteiger partial charge is 0.240 e. The van der Waals surface area contributed by atoms with Gasteiger partial charge in [0.25, 0.3) is 0 Å². The van der Waals surface area contributed by atoms with Crippen LogP contribution in [-0.4, -0.2) is 19.7 Å². The highest BCUT2D eigenvalue weighted by atomic mass is 79.9. The molecule has 0 aliphatic heterocycles. The average Bonchev–Trinajstić information content (AvgIpc) is 2.64. The Morgan fingerprint density at radius 1 is 1.28 bits per heavy atom. The van der Waals surface area contributed by atoms with E-state index in [1.54, 1.807) is 6.92 Å². The van der Waals surface area contributed by atoms with E-state index in [9.17, 15) is 13.2 Å². The fraction of sp³-hybridized carbons (Fsp3) is 0.300. The average molecular weight is 321 g/mol. The van der Waals surface area contributed by atoms with Crippen LogP contribution in [0.4, 0.5) is 13.2 Å². The number of hydrogen-bond acceptors (Lipinski definition) is 3. The van der Waals surface area contributed by atoms with Crippen molar-refractivity contribution in [1.82, 2.24) is 19.7 Å². The predicted octanol–water partition coefficient (Wildman–Crippen LogP) is 3.06. The molecule has 0 fully saturated rings. The lowest BCUT2D eigenvalue weighted by Gasteiger charge is -2.06. The minimum absolute atomic E-state index is 0.288. The fourth-order valence-electron chi connectivity index (χ4n) is 1.42. The summed E-state index contributed by atoms with van der Waals surface area (Å²) in [4.78, 5) is 8.00. The number of alkyl halides is 3. The normalized spacial score (nSPS) is 11.9. The first kappa shape index (κ1) is 13.0. The van der Waals surface area contributed by atoms with Gasteiger partial charge in [-0.25, -0.2) is 14.6 Å². The highest BCUT2D eigenvalue weighted by Crippen LogP contribution is 2.30. The van der Waals surface area contributed by atoms with Crippen molar-refractivity contribution in [2.24, 2.45) is 0 Å². The van der Waals surface area contributed by atoms with E-state index in [4.69, 9.17) is 0 Å². The molecule has 0 bridgehead atoms. The zero-order valence-electron chi connectivity index (χ0n) is 9.46. The molecule has 0 amide bonds. The standard InChI is InChI=1S/C10H8BrF3N4/c1-5-3-8(10(12,13)14)17-18(5)9-7(11)4-15-6(2)16-9/h3-4H,1-2H3. The number of halogens is 4. The highest BCUT2D eigenvalue weighted by Gasteiger charge is 2.34. The van der Waals surface area contributed by atoms with Gasteiger partial charge in [-0.15, -0.1) is 0 Å². The molecule has 0 saturated carbocycles. The van der Waals surface area contributed by atoms with E-state index < -0.39 is 11.9 Å².